The van der Waals surface area contributed by atoms with Gasteiger partial charge in [0.1, 0.15) is 12.4 Å². The Balaban J connectivity index is 1.46. The molecule has 2 N–H and O–H groups in total. The molecular formula is C27H26N2O5. The van der Waals surface area contributed by atoms with Crippen molar-refractivity contribution in [3.05, 3.63) is 99.2 Å². The van der Waals surface area contributed by atoms with Gasteiger partial charge in [0.25, 0.3) is 0 Å². The molecule has 4 aromatic rings. The van der Waals surface area contributed by atoms with Crippen LogP contribution in [0.5, 0.6) is 5.75 Å². The minimum Gasteiger partial charge on any atom is -0.502 e. The van der Waals surface area contributed by atoms with Crippen LogP contribution in [0.3, 0.4) is 0 Å². The summed E-state index contributed by atoms with van der Waals surface area (Å²) in [5, 5.41) is 11.8. The predicted molar refractivity (Wildman–Crippen MR) is 128 cm³/mol. The summed E-state index contributed by atoms with van der Waals surface area (Å²) in [4.78, 5) is 31.2. The van der Waals surface area contributed by atoms with Crippen molar-refractivity contribution in [2.24, 2.45) is 0 Å². The second-order valence-corrected chi connectivity index (χ2v) is 8.58. The molecule has 0 saturated carbocycles. The van der Waals surface area contributed by atoms with E-state index in [0.717, 1.165) is 23.2 Å². The summed E-state index contributed by atoms with van der Waals surface area (Å²) < 4.78 is 11.0. The van der Waals surface area contributed by atoms with E-state index in [1.165, 1.54) is 24.1 Å². The first-order chi connectivity index (χ1) is 16.5. The number of fused-ring (bicyclic) bond motifs is 3. The third-order valence-electron chi connectivity index (χ3n) is 6.42. The molecule has 0 radical (unpaired) electrons. The van der Waals surface area contributed by atoms with Crippen LogP contribution in [-0.4, -0.2) is 34.6 Å². The Labute approximate surface area is 196 Å². The summed E-state index contributed by atoms with van der Waals surface area (Å²) >= 11 is 0. The number of hydrogen-bond donors (Lipinski definition) is 2. The smallest absolute Gasteiger partial charge is 0.227 e. The van der Waals surface area contributed by atoms with Gasteiger partial charge in [0.2, 0.25) is 17.1 Å². The van der Waals surface area contributed by atoms with Gasteiger partial charge in [-0.15, -0.1) is 0 Å². The first kappa shape index (κ1) is 22.0. The number of rotatable bonds is 6. The van der Waals surface area contributed by atoms with Crippen LogP contribution in [0.2, 0.25) is 0 Å². The highest BCUT2D eigenvalue weighted by Crippen LogP contribution is 2.35. The van der Waals surface area contributed by atoms with E-state index in [4.69, 9.17) is 9.15 Å². The van der Waals surface area contributed by atoms with Crippen LogP contribution in [0.4, 0.5) is 0 Å². The fourth-order valence-electron chi connectivity index (χ4n) is 4.76. The first-order valence-corrected chi connectivity index (χ1v) is 11.3. The third kappa shape index (κ3) is 4.10. The Morgan fingerprint density at radius 1 is 1.18 bits per heavy atom. The summed E-state index contributed by atoms with van der Waals surface area (Å²) in [5.74, 6) is -0.769. The van der Waals surface area contributed by atoms with Crippen molar-refractivity contribution in [2.75, 3.05) is 13.7 Å². The Morgan fingerprint density at radius 3 is 2.74 bits per heavy atom. The summed E-state index contributed by atoms with van der Waals surface area (Å²) in [6, 6.07) is 18.7. The monoisotopic (exact) mass is 458 g/mol. The molecule has 5 rings (SSSR count). The van der Waals surface area contributed by atoms with E-state index >= 15 is 0 Å². The van der Waals surface area contributed by atoms with Gasteiger partial charge in [-0.25, -0.2) is 0 Å². The van der Waals surface area contributed by atoms with E-state index in [2.05, 4.69) is 11.1 Å². The molecule has 3 heterocycles. The summed E-state index contributed by atoms with van der Waals surface area (Å²) in [5.41, 5.74) is 3.61. The molecule has 7 heteroatoms. The van der Waals surface area contributed by atoms with Crippen molar-refractivity contribution < 1.29 is 19.1 Å². The highest BCUT2D eigenvalue weighted by molar-refractivity contribution is 5.86. The van der Waals surface area contributed by atoms with Crippen molar-refractivity contribution in [2.45, 2.75) is 31.9 Å². The quantitative estimate of drug-likeness (QED) is 0.454. The van der Waals surface area contributed by atoms with E-state index in [1.54, 1.807) is 0 Å². The molecule has 0 bridgehead atoms. The Bertz CT molecular complexity index is 1390. The lowest BCUT2D eigenvalue weighted by atomic mass is 9.91. The van der Waals surface area contributed by atoms with Crippen LogP contribution in [0.15, 0.2) is 69.9 Å². The van der Waals surface area contributed by atoms with Crippen LogP contribution in [0.25, 0.3) is 10.9 Å². The SMILES string of the molecule is COCc1cc(=O)c(O)c(C(CC(=O)N2CCc3c([nH]c4ccccc34)C2)c2ccccc2)o1. The highest BCUT2D eigenvalue weighted by Gasteiger charge is 2.30. The molecule has 174 valence electrons. The number of nitrogens with one attached hydrogen (secondary N) is 1. The van der Waals surface area contributed by atoms with Gasteiger partial charge >= 0.3 is 0 Å². The molecule has 2 aromatic carbocycles. The molecule has 0 aliphatic carbocycles. The Hall–Kier alpha value is -3.84. The highest BCUT2D eigenvalue weighted by atomic mass is 16.5. The van der Waals surface area contributed by atoms with Crippen molar-refractivity contribution in [1.29, 1.82) is 0 Å². The fourth-order valence-corrected chi connectivity index (χ4v) is 4.76. The maximum atomic E-state index is 13.5. The van der Waals surface area contributed by atoms with Crippen LogP contribution in [0.1, 0.15) is 40.7 Å². The molecule has 1 aliphatic heterocycles. The van der Waals surface area contributed by atoms with Gasteiger partial charge in [0, 0.05) is 42.7 Å². The zero-order valence-corrected chi connectivity index (χ0v) is 18.9. The largest absolute Gasteiger partial charge is 0.502 e. The molecule has 1 amide bonds. The number of carbonyl (C=O) groups excluding carboxylic acids is 1. The average Bonchev–Trinajstić information content (AvgIpc) is 3.23. The van der Waals surface area contributed by atoms with Gasteiger partial charge < -0.3 is 24.1 Å². The number of methoxy groups -OCH3 is 1. The number of aromatic amines is 1. The molecule has 2 aromatic heterocycles. The average molecular weight is 459 g/mol. The molecule has 0 spiro atoms. The molecule has 0 fully saturated rings. The van der Waals surface area contributed by atoms with Gasteiger partial charge in [-0.05, 0) is 23.6 Å². The number of aromatic hydroxyl groups is 1. The molecule has 34 heavy (non-hydrogen) atoms. The standard InChI is InChI=1S/C27H26N2O5/c1-33-16-18-13-24(30)26(32)27(34-18)21(17-7-3-2-4-8-17)14-25(31)29-12-11-20-19-9-5-6-10-22(19)28-23(20)15-29/h2-10,13,21,28,32H,11-12,14-16H2,1H3. The van der Waals surface area contributed by atoms with Crippen molar-refractivity contribution in [1.82, 2.24) is 9.88 Å². The van der Waals surface area contributed by atoms with Crippen molar-refractivity contribution in [3.8, 4) is 5.75 Å². The number of H-pyrrole nitrogens is 1. The van der Waals surface area contributed by atoms with Crippen molar-refractivity contribution in [3.63, 3.8) is 0 Å². The predicted octanol–water partition coefficient (Wildman–Crippen LogP) is 4.08. The maximum Gasteiger partial charge on any atom is 0.227 e. The van der Waals surface area contributed by atoms with Crippen LogP contribution in [-0.2, 0) is 29.1 Å². The minimum absolute atomic E-state index is 0.0620. The van der Waals surface area contributed by atoms with Gasteiger partial charge in [0.05, 0.1) is 12.5 Å². The number of carbonyl (C=O) groups is 1. The number of aromatic nitrogens is 1. The molecular weight excluding hydrogens is 432 g/mol. The summed E-state index contributed by atoms with van der Waals surface area (Å²) in [7, 11) is 1.50. The summed E-state index contributed by atoms with van der Waals surface area (Å²) in [6.45, 7) is 1.19. The van der Waals surface area contributed by atoms with Gasteiger partial charge in [-0.3, -0.25) is 9.59 Å². The lowest BCUT2D eigenvalue weighted by Crippen LogP contribution is -2.36. The number of para-hydroxylation sites is 1. The normalized spacial score (nSPS) is 14.2. The third-order valence-corrected chi connectivity index (χ3v) is 6.42. The first-order valence-electron chi connectivity index (χ1n) is 11.3. The number of hydrogen-bond acceptors (Lipinski definition) is 5. The maximum absolute atomic E-state index is 13.5. The lowest BCUT2D eigenvalue weighted by Gasteiger charge is -2.29. The van der Waals surface area contributed by atoms with Crippen LogP contribution < -0.4 is 5.43 Å². The number of nitrogens with zero attached hydrogens (tertiary/aromatic N) is 1. The second kappa shape index (κ2) is 9.19. The van der Waals surface area contributed by atoms with Gasteiger partial charge in [-0.2, -0.15) is 0 Å². The molecule has 1 atom stereocenters. The van der Waals surface area contributed by atoms with Gasteiger partial charge in [0.15, 0.2) is 5.76 Å². The molecule has 1 unspecified atom stereocenters. The fraction of sp³-hybridized carbons (Fsp3) is 0.259. The summed E-state index contributed by atoms with van der Waals surface area (Å²) in [6.07, 6.45) is 0.831. The van der Waals surface area contributed by atoms with E-state index in [0.29, 0.717) is 18.8 Å². The molecule has 7 nitrogen and oxygen atoms in total. The van der Waals surface area contributed by atoms with E-state index in [-0.39, 0.29) is 24.7 Å². The number of benzene rings is 2. The van der Waals surface area contributed by atoms with E-state index < -0.39 is 17.1 Å². The lowest BCUT2D eigenvalue weighted by molar-refractivity contribution is -0.132. The zero-order chi connectivity index (χ0) is 23.7. The van der Waals surface area contributed by atoms with E-state index in [9.17, 15) is 14.7 Å². The minimum atomic E-state index is -0.609. The van der Waals surface area contributed by atoms with E-state index in [1.807, 2.05) is 53.4 Å². The van der Waals surface area contributed by atoms with Crippen molar-refractivity contribution >= 4 is 16.8 Å². The van der Waals surface area contributed by atoms with Crippen LogP contribution >= 0.6 is 0 Å². The number of amides is 1. The Morgan fingerprint density at radius 2 is 1.94 bits per heavy atom. The molecule has 1 aliphatic rings. The van der Waals surface area contributed by atoms with Crippen LogP contribution in [0, 0.1) is 0 Å². The second-order valence-electron chi connectivity index (χ2n) is 8.58. The zero-order valence-electron chi connectivity index (χ0n) is 18.9. The van der Waals surface area contributed by atoms with Gasteiger partial charge in [-0.1, -0.05) is 48.5 Å². The Kier molecular flexibility index (Phi) is 5.94. The number of ether oxygens (including phenoxy) is 1. The molecule has 0 saturated heterocycles. The topological polar surface area (TPSA) is 95.8 Å².